The summed E-state index contributed by atoms with van der Waals surface area (Å²) < 4.78 is 0. The van der Waals surface area contributed by atoms with Gasteiger partial charge in [-0.1, -0.05) is 19.3 Å². The molecule has 0 saturated heterocycles. The number of benzene rings is 1. The molecule has 0 unspecified atom stereocenters. The van der Waals surface area contributed by atoms with E-state index < -0.39 is 0 Å². The fourth-order valence-electron chi connectivity index (χ4n) is 2.46. The van der Waals surface area contributed by atoms with Gasteiger partial charge in [0.1, 0.15) is 0 Å². The average molecular weight is 269 g/mol. The molecular formula is C14H21ClN2O. The lowest BCUT2D eigenvalue weighted by atomic mass is 9.94. The first kappa shape index (κ1) is 14.8. The molecule has 1 aromatic carbocycles. The Morgan fingerprint density at radius 2 is 1.72 bits per heavy atom. The zero-order valence-corrected chi connectivity index (χ0v) is 11.6. The molecule has 1 fully saturated rings. The Bertz CT molecular complexity index is 385. The predicted octanol–water partition coefficient (Wildman–Crippen LogP) is 3.10. The summed E-state index contributed by atoms with van der Waals surface area (Å²) in [6.07, 6.45) is 6.06. The molecule has 0 spiro atoms. The first-order valence-corrected chi connectivity index (χ1v) is 6.31. The summed E-state index contributed by atoms with van der Waals surface area (Å²) >= 11 is 0. The minimum absolute atomic E-state index is 0. The van der Waals surface area contributed by atoms with E-state index in [2.05, 4.69) is 0 Å². The van der Waals surface area contributed by atoms with Gasteiger partial charge >= 0.3 is 0 Å². The van der Waals surface area contributed by atoms with Crippen LogP contribution in [-0.4, -0.2) is 23.9 Å². The molecule has 1 aliphatic rings. The molecule has 18 heavy (non-hydrogen) atoms. The van der Waals surface area contributed by atoms with Crippen molar-refractivity contribution in [3.8, 4) is 0 Å². The molecule has 2 rings (SSSR count). The maximum Gasteiger partial charge on any atom is 0.253 e. The number of anilines is 1. The van der Waals surface area contributed by atoms with Gasteiger partial charge in [-0.25, -0.2) is 0 Å². The second-order valence-corrected chi connectivity index (χ2v) is 4.83. The van der Waals surface area contributed by atoms with E-state index in [0.29, 0.717) is 11.7 Å². The monoisotopic (exact) mass is 268 g/mol. The van der Waals surface area contributed by atoms with Gasteiger partial charge in [0.2, 0.25) is 0 Å². The molecule has 0 radical (unpaired) electrons. The molecule has 3 nitrogen and oxygen atoms in total. The van der Waals surface area contributed by atoms with Gasteiger partial charge in [0, 0.05) is 24.3 Å². The summed E-state index contributed by atoms with van der Waals surface area (Å²) in [6, 6.07) is 7.58. The first-order valence-electron chi connectivity index (χ1n) is 6.31. The van der Waals surface area contributed by atoms with Crippen LogP contribution in [0.15, 0.2) is 24.3 Å². The van der Waals surface area contributed by atoms with Crippen LogP contribution >= 0.6 is 12.4 Å². The summed E-state index contributed by atoms with van der Waals surface area (Å²) in [6.45, 7) is 0. The van der Waals surface area contributed by atoms with Gasteiger partial charge in [-0.3, -0.25) is 4.79 Å². The number of halogens is 1. The first-order chi connectivity index (χ1) is 8.18. The molecule has 0 heterocycles. The summed E-state index contributed by atoms with van der Waals surface area (Å²) in [5.74, 6) is 0.108. The van der Waals surface area contributed by atoms with Crippen LogP contribution in [0.3, 0.4) is 0 Å². The average Bonchev–Trinajstić information content (AvgIpc) is 2.39. The van der Waals surface area contributed by atoms with Crippen LogP contribution in [0.4, 0.5) is 5.69 Å². The Labute approximate surface area is 115 Å². The maximum atomic E-state index is 12.2. The van der Waals surface area contributed by atoms with E-state index in [1.807, 2.05) is 11.9 Å². The zero-order valence-electron chi connectivity index (χ0n) is 10.8. The van der Waals surface area contributed by atoms with Crippen molar-refractivity contribution in [2.75, 3.05) is 12.8 Å². The Hall–Kier alpha value is -1.22. The largest absolute Gasteiger partial charge is 0.399 e. The molecule has 1 amide bonds. The van der Waals surface area contributed by atoms with Crippen LogP contribution in [0, 0.1) is 0 Å². The summed E-state index contributed by atoms with van der Waals surface area (Å²) in [5, 5.41) is 0. The predicted molar refractivity (Wildman–Crippen MR) is 77.1 cm³/mol. The van der Waals surface area contributed by atoms with E-state index >= 15 is 0 Å². The van der Waals surface area contributed by atoms with Crippen molar-refractivity contribution in [3.05, 3.63) is 29.8 Å². The number of hydrogen-bond acceptors (Lipinski definition) is 2. The molecule has 100 valence electrons. The molecule has 1 aromatic rings. The summed E-state index contributed by atoms with van der Waals surface area (Å²) in [5.41, 5.74) is 7.05. The van der Waals surface area contributed by atoms with Gasteiger partial charge in [-0.2, -0.15) is 0 Å². The number of nitrogens with zero attached hydrogens (tertiary/aromatic N) is 1. The van der Waals surface area contributed by atoms with Gasteiger partial charge in [0.25, 0.3) is 5.91 Å². The summed E-state index contributed by atoms with van der Waals surface area (Å²) in [7, 11) is 1.91. The Kier molecular flexibility index (Phi) is 5.48. The molecule has 0 aliphatic heterocycles. The van der Waals surface area contributed by atoms with Crippen molar-refractivity contribution in [2.45, 2.75) is 38.1 Å². The van der Waals surface area contributed by atoms with Gasteiger partial charge < -0.3 is 10.6 Å². The minimum Gasteiger partial charge on any atom is -0.399 e. The highest BCUT2D eigenvalue weighted by Gasteiger charge is 2.22. The molecule has 2 N–H and O–H groups in total. The third-order valence-electron chi connectivity index (χ3n) is 3.60. The number of rotatable bonds is 2. The number of carbonyl (C=O) groups is 1. The van der Waals surface area contributed by atoms with Crippen LogP contribution in [-0.2, 0) is 0 Å². The standard InChI is InChI=1S/C14H20N2O.ClH/c1-16(13-5-3-2-4-6-13)14(17)11-7-9-12(15)10-8-11;/h7-10,13H,2-6,15H2,1H3;1H. The molecule has 0 bridgehead atoms. The van der Waals surface area contributed by atoms with Crippen molar-refractivity contribution in [2.24, 2.45) is 0 Å². The fraction of sp³-hybridized carbons (Fsp3) is 0.500. The van der Waals surface area contributed by atoms with E-state index in [-0.39, 0.29) is 18.3 Å². The third-order valence-corrected chi connectivity index (χ3v) is 3.60. The highest BCUT2D eigenvalue weighted by Crippen LogP contribution is 2.23. The molecule has 1 aliphatic carbocycles. The van der Waals surface area contributed by atoms with Crippen LogP contribution in [0.5, 0.6) is 0 Å². The van der Waals surface area contributed by atoms with Crippen molar-refractivity contribution >= 4 is 24.0 Å². The molecule has 0 atom stereocenters. The highest BCUT2D eigenvalue weighted by molar-refractivity contribution is 5.94. The zero-order chi connectivity index (χ0) is 12.3. The molecule has 4 heteroatoms. The van der Waals surface area contributed by atoms with Crippen molar-refractivity contribution in [1.29, 1.82) is 0 Å². The van der Waals surface area contributed by atoms with Crippen LogP contribution in [0.25, 0.3) is 0 Å². The fourth-order valence-corrected chi connectivity index (χ4v) is 2.46. The topological polar surface area (TPSA) is 46.3 Å². The van der Waals surface area contributed by atoms with Crippen molar-refractivity contribution < 1.29 is 4.79 Å². The quantitative estimate of drug-likeness (QED) is 0.838. The Morgan fingerprint density at radius 3 is 2.28 bits per heavy atom. The number of hydrogen-bond donors (Lipinski definition) is 1. The van der Waals surface area contributed by atoms with Gasteiger partial charge in [-0.15, -0.1) is 12.4 Å². The Morgan fingerprint density at radius 1 is 1.17 bits per heavy atom. The normalized spacial score (nSPS) is 15.8. The van der Waals surface area contributed by atoms with Crippen molar-refractivity contribution in [1.82, 2.24) is 4.90 Å². The number of nitrogen functional groups attached to an aromatic ring is 1. The summed E-state index contributed by atoms with van der Waals surface area (Å²) in [4.78, 5) is 14.1. The van der Waals surface area contributed by atoms with E-state index in [4.69, 9.17) is 5.73 Å². The molecule has 0 aromatic heterocycles. The number of amides is 1. The van der Waals surface area contributed by atoms with Gasteiger partial charge in [0.15, 0.2) is 0 Å². The highest BCUT2D eigenvalue weighted by atomic mass is 35.5. The number of nitrogens with two attached hydrogens (primary N) is 1. The molecular weight excluding hydrogens is 248 g/mol. The van der Waals surface area contributed by atoms with E-state index in [1.54, 1.807) is 24.3 Å². The second kappa shape index (κ2) is 6.64. The smallest absolute Gasteiger partial charge is 0.253 e. The van der Waals surface area contributed by atoms with Crippen LogP contribution in [0.2, 0.25) is 0 Å². The molecule has 1 saturated carbocycles. The van der Waals surface area contributed by atoms with Crippen LogP contribution < -0.4 is 5.73 Å². The van der Waals surface area contributed by atoms with E-state index in [1.165, 1.54) is 19.3 Å². The van der Waals surface area contributed by atoms with E-state index in [9.17, 15) is 4.79 Å². The maximum absolute atomic E-state index is 12.2. The lowest BCUT2D eigenvalue weighted by Crippen LogP contribution is -2.38. The van der Waals surface area contributed by atoms with Gasteiger partial charge in [0.05, 0.1) is 0 Å². The van der Waals surface area contributed by atoms with Crippen molar-refractivity contribution in [3.63, 3.8) is 0 Å². The minimum atomic E-state index is 0. The Balaban J connectivity index is 0.00000162. The van der Waals surface area contributed by atoms with Gasteiger partial charge in [-0.05, 0) is 37.1 Å². The lowest BCUT2D eigenvalue weighted by Gasteiger charge is -2.31. The third kappa shape index (κ3) is 3.39. The SMILES string of the molecule is CN(C(=O)c1ccc(N)cc1)C1CCCCC1.Cl. The van der Waals surface area contributed by atoms with E-state index in [0.717, 1.165) is 18.4 Å². The lowest BCUT2D eigenvalue weighted by molar-refractivity contribution is 0.0696. The second-order valence-electron chi connectivity index (χ2n) is 4.83. The number of carbonyl (C=O) groups excluding carboxylic acids is 1. The van der Waals surface area contributed by atoms with Crippen LogP contribution in [0.1, 0.15) is 42.5 Å².